The predicted molar refractivity (Wildman–Crippen MR) is 493 cm³/mol. The molecule has 0 saturated heterocycles. The maximum atomic E-state index is 2.65. The Morgan fingerprint density at radius 1 is 0.264 bits per heavy atom. The van der Waals surface area contributed by atoms with E-state index in [-0.39, 0.29) is 0 Å². The van der Waals surface area contributed by atoms with E-state index in [1.807, 2.05) is 136 Å². The van der Waals surface area contributed by atoms with Gasteiger partial charge in [0, 0.05) is 97.5 Å². The summed E-state index contributed by atoms with van der Waals surface area (Å²) in [5.41, 5.74) is 26.0. The molecule has 0 N–H and O–H groups in total. The summed E-state index contributed by atoms with van der Waals surface area (Å²) in [6.45, 7) is 38.0. The first-order valence-electron chi connectivity index (χ1n) is 36.2. The van der Waals surface area contributed by atoms with Crippen LogP contribution < -0.4 is 18.0 Å². The van der Waals surface area contributed by atoms with Crippen LogP contribution in [0.3, 0.4) is 0 Å². The molecule has 12 aromatic heterocycles. The molecule has 2 aliphatic carbocycles. The van der Waals surface area contributed by atoms with Crippen LogP contribution in [0.1, 0.15) is 73.7 Å². The summed E-state index contributed by atoms with van der Waals surface area (Å²) >= 11 is 23.7. The first kappa shape index (κ1) is 71.7. The molecule has 0 saturated carbocycles. The monoisotopic (exact) mass is 1650 g/mol. The lowest BCUT2D eigenvalue weighted by atomic mass is 9.69. The fourth-order valence-electron chi connectivity index (χ4n) is 15.8. The highest BCUT2D eigenvalue weighted by atomic mass is 32.1. The molecule has 16 aromatic rings. The smallest absolute Gasteiger partial charge is 0.0917 e. The van der Waals surface area contributed by atoms with Crippen LogP contribution in [0.5, 0.6) is 0 Å². The quantitative estimate of drug-likeness (QED) is 0.0797. The number of thiophene rings is 12. The van der Waals surface area contributed by atoms with Gasteiger partial charge in [0.05, 0.1) is 40.6 Å². The molecular weight excluding hydrogens is 1580 g/mol. The van der Waals surface area contributed by atoms with Gasteiger partial charge in [0.15, 0.2) is 0 Å². The molecule has 106 heavy (non-hydrogen) atoms. The third kappa shape index (κ3) is 12.1. The average molecular weight is 1660 g/mol. The molecule has 0 nitrogen and oxygen atoms in total. The van der Waals surface area contributed by atoms with Crippen LogP contribution >= 0.6 is 136 Å². The molecular formula is C90H78S12Si4. The van der Waals surface area contributed by atoms with Crippen molar-refractivity contribution in [2.45, 2.75) is 120 Å². The number of fused-ring (bicyclic) bond motifs is 10. The number of aryl methyl sites for hydroxylation is 8. The van der Waals surface area contributed by atoms with E-state index in [0.29, 0.717) is 0 Å². The van der Waals surface area contributed by atoms with Gasteiger partial charge in [-0.2, -0.15) is 0 Å². The fourth-order valence-corrected chi connectivity index (χ4v) is 35.8. The summed E-state index contributed by atoms with van der Waals surface area (Å²) in [6.07, 6.45) is 1.01. The highest BCUT2D eigenvalue weighted by Gasteiger charge is 2.53. The Hall–Kier alpha value is -5.85. The second-order valence-electron chi connectivity index (χ2n) is 30.6. The average Bonchev–Trinajstić information content (AvgIpc) is 1.50. The lowest BCUT2D eigenvalue weighted by Gasteiger charge is -2.31. The Labute approximate surface area is 679 Å². The SMILES string of the molecule is CCc1cc(-c2sc(-c3ccc4c(c3)C3(c5cc(-c6cc(C)c(-c7cc(C)c(-c8ccc([Si]C)s8)s7)s6)ccc5-c5ccc(-c6cc(C)c(-c7cc(C)c(-c8ccc([Si](C)(C)C)s8)s7)s6)cc53)c3cc(-c5cc(C)c(-c6cc(C)c(-c7ccc([Si]C)s7)s6)s5)ccc3-4)cc2C)sc1-c1ccc([Si](C)(C)C)s1. The highest BCUT2D eigenvalue weighted by Crippen LogP contribution is 2.66. The molecule has 1 unspecified atom stereocenters. The summed E-state index contributed by atoms with van der Waals surface area (Å²) in [6, 6.07) is 69.2. The Kier molecular flexibility index (Phi) is 18.5. The van der Waals surface area contributed by atoms with Gasteiger partial charge in [-0.05, 0) is 281 Å². The molecule has 0 aliphatic heterocycles. The molecule has 12 heterocycles. The molecule has 526 valence electrons. The summed E-state index contributed by atoms with van der Waals surface area (Å²) in [7, 11) is -1.28. The van der Waals surface area contributed by atoms with E-state index in [4.69, 9.17) is 0 Å². The van der Waals surface area contributed by atoms with Gasteiger partial charge >= 0.3 is 0 Å². The van der Waals surface area contributed by atoms with E-state index in [0.717, 1.165) is 25.5 Å². The minimum atomic E-state index is -1.45. The van der Waals surface area contributed by atoms with Crippen LogP contribution in [-0.2, 0) is 11.8 Å². The topological polar surface area (TPSA) is 0 Å². The molecule has 1 atom stereocenters. The molecule has 0 bridgehead atoms. The number of hydrogen-bond donors (Lipinski definition) is 0. The molecule has 0 amide bonds. The Bertz CT molecular complexity index is 6040. The van der Waals surface area contributed by atoms with Crippen LogP contribution in [0.25, 0.3) is 142 Å². The largest absolute Gasteiger partial charge is 0.145 e. The molecule has 2 aliphatic rings. The van der Waals surface area contributed by atoms with Gasteiger partial charge in [-0.15, -0.1) is 136 Å². The van der Waals surface area contributed by atoms with Crippen molar-refractivity contribution >= 4 is 189 Å². The number of hydrogen-bond acceptors (Lipinski definition) is 12. The van der Waals surface area contributed by atoms with Crippen LogP contribution in [0.2, 0.25) is 52.4 Å². The lowest BCUT2D eigenvalue weighted by Crippen LogP contribution is -2.34. The van der Waals surface area contributed by atoms with Crippen LogP contribution in [0, 0.1) is 48.5 Å². The maximum Gasteiger partial charge on any atom is 0.0917 e. The van der Waals surface area contributed by atoms with E-state index >= 15 is 0 Å². The second-order valence-corrected chi connectivity index (χ2v) is 57.0. The van der Waals surface area contributed by atoms with Crippen LogP contribution in [0.4, 0.5) is 0 Å². The molecule has 16 heteroatoms. The summed E-state index contributed by atoms with van der Waals surface area (Å²) < 4.78 is 6.07. The lowest BCUT2D eigenvalue weighted by molar-refractivity contribution is 0.795. The Morgan fingerprint density at radius 2 is 0.519 bits per heavy atom. The van der Waals surface area contributed by atoms with Crippen molar-refractivity contribution in [1.82, 2.24) is 0 Å². The minimum Gasteiger partial charge on any atom is -0.145 e. The molecule has 4 aromatic carbocycles. The van der Waals surface area contributed by atoms with Crippen molar-refractivity contribution in [3.05, 3.63) is 237 Å². The summed E-state index contributed by atoms with van der Waals surface area (Å²) in [5.74, 6) is 0. The van der Waals surface area contributed by atoms with Gasteiger partial charge in [-0.25, -0.2) is 0 Å². The number of benzene rings is 4. The zero-order valence-electron chi connectivity index (χ0n) is 62.3. The third-order valence-electron chi connectivity index (χ3n) is 21.2. The van der Waals surface area contributed by atoms with Gasteiger partial charge in [0.25, 0.3) is 0 Å². The molecule has 0 fully saturated rings. The first-order valence-corrected chi connectivity index (χ1v) is 56.0. The molecule has 1 spiro atoms. The van der Waals surface area contributed by atoms with Gasteiger partial charge < -0.3 is 0 Å². The Balaban J connectivity index is 0.827. The van der Waals surface area contributed by atoms with Crippen molar-refractivity contribution in [2.75, 3.05) is 0 Å². The predicted octanol–water partition coefficient (Wildman–Crippen LogP) is 29.3. The first-order chi connectivity index (χ1) is 50.9. The van der Waals surface area contributed by atoms with Crippen LogP contribution in [0.15, 0.2) is 170 Å². The molecule has 18 rings (SSSR count). The van der Waals surface area contributed by atoms with Crippen molar-refractivity contribution in [3.63, 3.8) is 0 Å². The van der Waals surface area contributed by atoms with E-state index in [1.165, 1.54) is 218 Å². The van der Waals surface area contributed by atoms with E-state index in [9.17, 15) is 0 Å². The van der Waals surface area contributed by atoms with E-state index in [2.05, 4.69) is 278 Å². The zero-order chi connectivity index (χ0) is 73.3. The van der Waals surface area contributed by atoms with Gasteiger partial charge in [-0.1, -0.05) is 132 Å². The van der Waals surface area contributed by atoms with Crippen molar-refractivity contribution in [2.24, 2.45) is 0 Å². The van der Waals surface area contributed by atoms with Gasteiger partial charge in [0.1, 0.15) is 0 Å². The van der Waals surface area contributed by atoms with Crippen LogP contribution in [-0.4, -0.2) is 35.2 Å². The van der Waals surface area contributed by atoms with E-state index < -0.39 is 21.6 Å². The highest BCUT2D eigenvalue weighted by molar-refractivity contribution is 7.34. The summed E-state index contributed by atoms with van der Waals surface area (Å²) in [4.78, 5) is 27.4. The normalized spacial score (nSPS) is 14.0. The number of rotatable bonds is 17. The maximum absolute atomic E-state index is 2.65. The molecule has 4 radical (unpaired) electrons. The van der Waals surface area contributed by atoms with Gasteiger partial charge in [0.2, 0.25) is 0 Å². The van der Waals surface area contributed by atoms with Crippen molar-refractivity contribution in [1.29, 1.82) is 0 Å². The standard InChI is InChI=1S/C90H78S12Si4/c1-17-53-45-77(102-89(53)69-29-33-81(94-69)106(14,15)16)88-49(5)37-73(98-88)57-21-25-61-60-23-19-55(71-35-47(3)86(96-71)75-39-51(7)83(100-75)67-27-31-79(92-67)104-10)42-63(60)90(65(61)44-57)62-41-54(70-34-46(2)85(95-70)74-38-50(6)82(99-74)66-26-30-78(91-66)103-9)18-22-58(62)59-24-20-56(43-64(59)90)72-36-48(4)87(97-72)76-40-52(8)84(101-76)68-28-32-80(93-68)105(11,12)13/h18-45H,17H2,1-16H3. The third-order valence-corrected chi connectivity index (χ3v) is 47.0. The zero-order valence-corrected chi connectivity index (χ0v) is 76.1. The fraction of sp³-hybridized carbons (Fsp3) is 0.200. The summed E-state index contributed by atoms with van der Waals surface area (Å²) in [5, 5.41) is 0. The van der Waals surface area contributed by atoms with Gasteiger partial charge in [-0.3, -0.25) is 0 Å². The second kappa shape index (κ2) is 27.3. The minimum absolute atomic E-state index is 0.678. The van der Waals surface area contributed by atoms with Crippen molar-refractivity contribution in [3.8, 4) is 142 Å². The van der Waals surface area contributed by atoms with Crippen molar-refractivity contribution < 1.29 is 0 Å². The Morgan fingerprint density at radius 3 is 0.802 bits per heavy atom. The van der Waals surface area contributed by atoms with E-state index in [1.54, 1.807) is 9.00 Å².